The molecule has 0 heterocycles. The summed E-state index contributed by atoms with van der Waals surface area (Å²) in [6, 6.07) is 7.92. The standard InChI is InChI=1S/C15H19N3O/c1-11-3-6-13(7-4-11)16-10-15(19)18-17-14-8-5-12(2)9-14/h3-4,6-7,9,16H,5,8,10H2,1-2H3,(H,18,19). The normalized spacial score (nSPS) is 16.3. The lowest BCUT2D eigenvalue weighted by atomic mass is 10.2. The van der Waals surface area contributed by atoms with Crippen LogP contribution in [0.15, 0.2) is 41.0 Å². The number of carbonyl (C=O) groups is 1. The molecule has 0 unspecified atom stereocenters. The molecule has 0 aromatic heterocycles. The SMILES string of the molecule is CC1=CC(=NNC(=O)CNc2ccc(C)cc2)CC1. The Labute approximate surface area is 113 Å². The van der Waals surface area contributed by atoms with Crippen LogP contribution >= 0.6 is 0 Å². The molecule has 100 valence electrons. The summed E-state index contributed by atoms with van der Waals surface area (Å²) in [7, 11) is 0. The van der Waals surface area contributed by atoms with Crippen LogP contribution in [0, 0.1) is 6.92 Å². The van der Waals surface area contributed by atoms with Gasteiger partial charge in [-0.1, -0.05) is 23.3 Å². The predicted octanol–water partition coefficient (Wildman–Crippen LogP) is 2.62. The fraction of sp³-hybridized carbons (Fsp3) is 0.333. The van der Waals surface area contributed by atoms with E-state index in [1.54, 1.807) is 0 Å². The monoisotopic (exact) mass is 257 g/mol. The minimum atomic E-state index is -0.133. The van der Waals surface area contributed by atoms with E-state index >= 15 is 0 Å². The second kappa shape index (κ2) is 6.18. The molecule has 0 spiro atoms. The van der Waals surface area contributed by atoms with E-state index < -0.39 is 0 Å². The van der Waals surface area contributed by atoms with Crippen LogP contribution in [-0.4, -0.2) is 18.2 Å². The van der Waals surface area contributed by atoms with Gasteiger partial charge in [-0.25, -0.2) is 5.43 Å². The summed E-state index contributed by atoms with van der Waals surface area (Å²) in [5, 5.41) is 7.16. The highest BCUT2D eigenvalue weighted by atomic mass is 16.2. The maximum atomic E-state index is 11.6. The minimum absolute atomic E-state index is 0.133. The molecule has 1 aromatic carbocycles. The van der Waals surface area contributed by atoms with Gasteiger partial charge in [0.15, 0.2) is 0 Å². The number of hydrogen-bond donors (Lipinski definition) is 2. The van der Waals surface area contributed by atoms with Crippen molar-refractivity contribution >= 4 is 17.3 Å². The van der Waals surface area contributed by atoms with Gasteiger partial charge in [-0.2, -0.15) is 5.10 Å². The van der Waals surface area contributed by atoms with E-state index in [1.807, 2.05) is 37.3 Å². The zero-order chi connectivity index (χ0) is 13.7. The third-order valence-electron chi connectivity index (χ3n) is 3.02. The van der Waals surface area contributed by atoms with Gasteiger partial charge in [0.25, 0.3) is 5.91 Å². The summed E-state index contributed by atoms with van der Waals surface area (Å²) in [5.74, 6) is -0.133. The Balaban J connectivity index is 1.77. The Bertz CT molecular complexity index is 515. The minimum Gasteiger partial charge on any atom is -0.376 e. The number of anilines is 1. The van der Waals surface area contributed by atoms with Crippen LogP contribution < -0.4 is 10.7 Å². The summed E-state index contributed by atoms with van der Waals surface area (Å²) in [4.78, 5) is 11.6. The van der Waals surface area contributed by atoms with Gasteiger partial charge in [0.2, 0.25) is 0 Å². The highest BCUT2D eigenvalue weighted by molar-refractivity contribution is 5.98. The second-order valence-corrected chi connectivity index (χ2v) is 4.85. The summed E-state index contributed by atoms with van der Waals surface area (Å²) < 4.78 is 0. The van der Waals surface area contributed by atoms with Crippen molar-refractivity contribution in [1.29, 1.82) is 0 Å². The first-order chi connectivity index (χ1) is 9.13. The van der Waals surface area contributed by atoms with E-state index in [0.717, 1.165) is 24.2 Å². The van der Waals surface area contributed by atoms with E-state index in [9.17, 15) is 4.79 Å². The van der Waals surface area contributed by atoms with Crippen LogP contribution in [-0.2, 0) is 4.79 Å². The molecule has 1 aliphatic rings. The number of benzene rings is 1. The Kier molecular flexibility index (Phi) is 4.34. The lowest BCUT2D eigenvalue weighted by Crippen LogP contribution is -2.26. The average molecular weight is 257 g/mol. The van der Waals surface area contributed by atoms with E-state index in [0.29, 0.717) is 0 Å². The molecule has 0 bridgehead atoms. The Morgan fingerprint density at radius 1 is 1.21 bits per heavy atom. The molecule has 0 saturated heterocycles. The fourth-order valence-corrected chi connectivity index (χ4v) is 1.87. The smallest absolute Gasteiger partial charge is 0.259 e. The quantitative estimate of drug-likeness (QED) is 0.815. The van der Waals surface area contributed by atoms with Crippen molar-refractivity contribution in [2.75, 3.05) is 11.9 Å². The lowest BCUT2D eigenvalue weighted by molar-refractivity contribution is -0.119. The van der Waals surface area contributed by atoms with Gasteiger partial charge >= 0.3 is 0 Å². The molecular formula is C15H19N3O. The number of allylic oxidation sites excluding steroid dienone is 2. The van der Waals surface area contributed by atoms with Gasteiger partial charge < -0.3 is 5.32 Å². The average Bonchev–Trinajstić information content (AvgIpc) is 2.81. The van der Waals surface area contributed by atoms with Crippen molar-refractivity contribution in [3.8, 4) is 0 Å². The first-order valence-electron chi connectivity index (χ1n) is 6.46. The van der Waals surface area contributed by atoms with Crippen LogP contribution in [0.3, 0.4) is 0 Å². The zero-order valence-electron chi connectivity index (χ0n) is 11.4. The number of nitrogens with one attached hydrogen (secondary N) is 2. The second-order valence-electron chi connectivity index (χ2n) is 4.85. The number of hydrazone groups is 1. The summed E-state index contributed by atoms with van der Waals surface area (Å²) >= 11 is 0. The molecular weight excluding hydrogens is 238 g/mol. The topological polar surface area (TPSA) is 53.5 Å². The zero-order valence-corrected chi connectivity index (χ0v) is 11.4. The Morgan fingerprint density at radius 2 is 1.95 bits per heavy atom. The van der Waals surface area contributed by atoms with Gasteiger partial charge in [-0.15, -0.1) is 0 Å². The summed E-state index contributed by atoms with van der Waals surface area (Å²) in [5.41, 5.74) is 6.96. The third-order valence-corrected chi connectivity index (χ3v) is 3.02. The van der Waals surface area contributed by atoms with E-state index in [4.69, 9.17) is 0 Å². The number of hydrogen-bond acceptors (Lipinski definition) is 3. The van der Waals surface area contributed by atoms with Crippen molar-refractivity contribution in [1.82, 2.24) is 5.43 Å². The molecule has 2 rings (SSSR count). The molecule has 1 aliphatic carbocycles. The molecule has 2 N–H and O–H groups in total. The van der Waals surface area contributed by atoms with Crippen molar-refractivity contribution < 1.29 is 4.79 Å². The van der Waals surface area contributed by atoms with Crippen LogP contribution in [0.5, 0.6) is 0 Å². The third kappa shape index (κ3) is 4.25. The van der Waals surface area contributed by atoms with Crippen molar-refractivity contribution in [2.24, 2.45) is 5.10 Å². The number of aryl methyl sites for hydroxylation is 1. The molecule has 0 atom stereocenters. The molecule has 4 heteroatoms. The highest BCUT2D eigenvalue weighted by Gasteiger charge is 2.07. The van der Waals surface area contributed by atoms with Crippen LogP contribution in [0.25, 0.3) is 0 Å². The maximum absolute atomic E-state index is 11.6. The molecule has 0 radical (unpaired) electrons. The summed E-state index contributed by atoms with van der Waals surface area (Å²) in [6.45, 7) is 4.33. The maximum Gasteiger partial charge on any atom is 0.259 e. The largest absolute Gasteiger partial charge is 0.376 e. The lowest BCUT2D eigenvalue weighted by Gasteiger charge is -2.05. The van der Waals surface area contributed by atoms with Crippen molar-refractivity contribution in [2.45, 2.75) is 26.7 Å². The van der Waals surface area contributed by atoms with Gasteiger partial charge in [0, 0.05) is 5.69 Å². The van der Waals surface area contributed by atoms with Gasteiger partial charge in [0.1, 0.15) is 0 Å². The first kappa shape index (κ1) is 13.3. The molecule has 19 heavy (non-hydrogen) atoms. The number of carbonyl (C=O) groups excluding carboxylic acids is 1. The van der Waals surface area contributed by atoms with Gasteiger partial charge in [0.05, 0.1) is 12.3 Å². The summed E-state index contributed by atoms with van der Waals surface area (Å²) in [6.07, 6.45) is 3.97. The van der Waals surface area contributed by atoms with Crippen LogP contribution in [0.2, 0.25) is 0 Å². The Morgan fingerprint density at radius 3 is 2.58 bits per heavy atom. The number of nitrogens with zero attached hydrogens (tertiary/aromatic N) is 1. The molecule has 1 aromatic rings. The van der Waals surface area contributed by atoms with E-state index in [-0.39, 0.29) is 12.5 Å². The fourth-order valence-electron chi connectivity index (χ4n) is 1.87. The van der Waals surface area contributed by atoms with Crippen LogP contribution in [0.1, 0.15) is 25.3 Å². The van der Waals surface area contributed by atoms with Gasteiger partial charge in [-0.3, -0.25) is 4.79 Å². The van der Waals surface area contributed by atoms with Crippen molar-refractivity contribution in [3.05, 3.63) is 41.5 Å². The molecule has 0 aliphatic heterocycles. The predicted molar refractivity (Wildman–Crippen MR) is 78.2 cm³/mol. The highest BCUT2D eigenvalue weighted by Crippen LogP contribution is 2.14. The number of rotatable bonds is 4. The first-order valence-corrected chi connectivity index (χ1v) is 6.46. The van der Waals surface area contributed by atoms with E-state index in [2.05, 4.69) is 22.8 Å². The number of amides is 1. The van der Waals surface area contributed by atoms with E-state index in [1.165, 1.54) is 11.1 Å². The molecule has 4 nitrogen and oxygen atoms in total. The molecule has 0 saturated carbocycles. The van der Waals surface area contributed by atoms with Gasteiger partial charge in [-0.05, 0) is 44.9 Å². The molecule has 1 amide bonds. The van der Waals surface area contributed by atoms with Crippen LogP contribution in [0.4, 0.5) is 5.69 Å². The molecule has 0 fully saturated rings. The Hall–Kier alpha value is -2.10. The van der Waals surface area contributed by atoms with Crippen molar-refractivity contribution in [3.63, 3.8) is 0 Å².